The number of hydrogen-bond acceptors (Lipinski definition) is 4. The van der Waals surface area contributed by atoms with Crippen LogP contribution in [0.2, 0.25) is 0 Å². The molecule has 0 atom stereocenters. The lowest BCUT2D eigenvalue weighted by Crippen LogP contribution is -2.38. The van der Waals surface area contributed by atoms with Crippen molar-refractivity contribution < 1.29 is 5.11 Å². The van der Waals surface area contributed by atoms with Crippen LogP contribution in [0.1, 0.15) is 18.5 Å². The molecule has 0 aromatic carbocycles. The van der Waals surface area contributed by atoms with E-state index < -0.39 is 0 Å². The van der Waals surface area contributed by atoms with Gasteiger partial charge < -0.3 is 10.8 Å². The van der Waals surface area contributed by atoms with E-state index in [4.69, 9.17) is 10.8 Å². The summed E-state index contributed by atoms with van der Waals surface area (Å²) in [6.45, 7) is 0.838. The van der Waals surface area contributed by atoms with E-state index in [1.165, 1.54) is 0 Å². The van der Waals surface area contributed by atoms with Gasteiger partial charge in [-0.2, -0.15) is 0 Å². The van der Waals surface area contributed by atoms with Crippen molar-refractivity contribution in [2.75, 3.05) is 0 Å². The third-order valence-corrected chi connectivity index (χ3v) is 2.47. The highest BCUT2D eigenvalue weighted by atomic mass is 16.3. The van der Waals surface area contributed by atoms with Crippen LogP contribution in [-0.2, 0) is 13.2 Å². The Morgan fingerprint density at radius 3 is 2.92 bits per heavy atom. The van der Waals surface area contributed by atoms with Crippen molar-refractivity contribution in [1.82, 2.24) is 15.0 Å². The van der Waals surface area contributed by atoms with Crippen molar-refractivity contribution in [3.8, 4) is 0 Å². The number of aliphatic hydroxyl groups is 1. The Bertz CT molecular complexity index is 279. The molecule has 1 aromatic rings. The summed E-state index contributed by atoms with van der Waals surface area (Å²) in [5.74, 6) is 0.642. The molecular weight excluding hydrogens is 168 g/mol. The van der Waals surface area contributed by atoms with E-state index in [1.54, 1.807) is 10.9 Å². The average Bonchev–Trinajstić information content (AvgIpc) is 2.50. The summed E-state index contributed by atoms with van der Waals surface area (Å²) in [6.07, 6.45) is 3.94. The topological polar surface area (TPSA) is 77.0 Å². The molecule has 72 valence electrons. The molecule has 0 unspecified atom stereocenters. The number of aromatic nitrogens is 3. The molecule has 0 radical (unpaired) electrons. The maximum Gasteiger partial charge on any atom is 0.108 e. The highest BCUT2D eigenvalue weighted by Gasteiger charge is 2.26. The molecule has 0 bridgehead atoms. The molecule has 1 aromatic heterocycles. The van der Waals surface area contributed by atoms with E-state index in [0.29, 0.717) is 17.7 Å². The Balaban J connectivity index is 1.87. The molecule has 3 N–H and O–H groups in total. The van der Waals surface area contributed by atoms with Crippen molar-refractivity contribution in [3.63, 3.8) is 0 Å². The van der Waals surface area contributed by atoms with Gasteiger partial charge in [-0.25, -0.2) is 0 Å². The van der Waals surface area contributed by atoms with Gasteiger partial charge in [-0.05, 0) is 18.8 Å². The highest BCUT2D eigenvalue weighted by Crippen LogP contribution is 2.26. The third-order valence-electron chi connectivity index (χ3n) is 2.47. The minimum absolute atomic E-state index is 0.0375. The van der Waals surface area contributed by atoms with Crippen LogP contribution >= 0.6 is 0 Å². The van der Waals surface area contributed by atoms with Gasteiger partial charge >= 0.3 is 0 Å². The second kappa shape index (κ2) is 3.43. The fourth-order valence-corrected chi connectivity index (χ4v) is 1.70. The summed E-state index contributed by atoms with van der Waals surface area (Å²) in [6, 6.07) is 0.380. The first kappa shape index (κ1) is 8.65. The van der Waals surface area contributed by atoms with Crippen LogP contribution in [0.15, 0.2) is 6.20 Å². The predicted molar refractivity (Wildman–Crippen MR) is 46.6 cm³/mol. The van der Waals surface area contributed by atoms with Crippen molar-refractivity contribution >= 4 is 0 Å². The van der Waals surface area contributed by atoms with Gasteiger partial charge in [0.1, 0.15) is 5.69 Å². The van der Waals surface area contributed by atoms with Gasteiger partial charge in [0.05, 0.1) is 12.8 Å². The Labute approximate surface area is 76.5 Å². The molecule has 2 rings (SSSR count). The van der Waals surface area contributed by atoms with Crippen molar-refractivity contribution in [1.29, 1.82) is 0 Å². The molecule has 1 saturated carbocycles. The number of rotatable bonds is 3. The molecule has 1 heterocycles. The summed E-state index contributed by atoms with van der Waals surface area (Å²) < 4.78 is 1.78. The van der Waals surface area contributed by atoms with E-state index in [0.717, 1.165) is 19.4 Å². The van der Waals surface area contributed by atoms with Crippen LogP contribution in [0.5, 0.6) is 0 Å². The lowest BCUT2D eigenvalue weighted by molar-refractivity contribution is 0.225. The van der Waals surface area contributed by atoms with Gasteiger partial charge in [-0.3, -0.25) is 4.68 Å². The van der Waals surface area contributed by atoms with Crippen molar-refractivity contribution in [2.24, 2.45) is 11.7 Å². The zero-order chi connectivity index (χ0) is 9.26. The summed E-state index contributed by atoms with van der Waals surface area (Å²) in [5.41, 5.74) is 6.30. The second-order valence-electron chi connectivity index (χ2n) is 3.69. The number of hydrogen-bond donors (Lipinski definition) is 2. The van der Waals surface area contributed by atoms with E-state index in [1.807, 2.05) is 0 Å². The van der Waals surface area contributed by atoms with Gasteiger partial charge in [0, 0.05) is 12.6 Å². The first-order valence-electron chi connectivity index (χ1n) is 4.53. The second-order valence-corrected chi connectivity index (χ2v) is 3.69. The van der Waals surface area contributed by atoms with Gasteiger partial charge in [0.25, 0.3) is 0 Å². The van der Waals surface area contributed by atoms with Crippen LogP contribution in [0.3, 0.4) is 0 Å². The van der Waals surface area contributed by atoms with Crippen LogP contribution in [0, 0.1) is 5.92 Å². The predicted octanol–water partition coefficient (Wildman–Crippen LogP) is -0.492. The molecule has 0 amide bonds. The van der Waals surface area contributed by atoms with Crippen LogP contribution in [-0.4, -0.2) is 26.1 Å². The van der Waals surface area contributed by atoms with E-state index in [2.05, 4.69) is 10.3 Å². The Hall–Kier alpha value is -0.940. The summed E-state index contributed by atoms with van der Waals surface area (Å²) in [5, 5.41) is 16.5. The van der Waals surface area contributed by atoms with Gasteiger partial charge in [0.15, 0.2) is 0 Å². The summed E-state index contributed by atoms with van der Waals surface area (Å²) in [7, 11) is 0. The highest BCUT2D eigenvalue weighted by molar-refractivity contribution is 4.90. The van der Waals surface area contributed by atoms with Gasteiger partial charge in [0.2, 0.25) is 0 Å². The van der Waals surface area contributed by atoms with E-state index in [-0.39, 0.29) is 6.61 Å². The Kier molecular flexibility index (Phi) is 2.28. The Morgan fingerprint density at radius 2 is 2.38 bits per heavy atom. The number of nitrogens with two attached hydrogens (primary N) is 1. The molecule has 1 aliphatic carbocycles. The fourth-order valence-electron chi connectivity index (χ4n) is 1.70. The molecular formula is C8H14N4O. The monoisotopic (exact) mass is 182 g/mol. The molecule has 1 aliphatic rings. The van der Waals surface area contributed by atoms with Gasteiger partial charge in [-0.1, -0.05) is 5.21 Å². The minimum atomic E-state index is -0.0375. The average molecular weight is 182 g/mol. The maximum absolute atomic E-state index is 8.76. The molecule has 5 heteroatoms. The first-order chi connectivity index (χ1) is 6.28. The standard InChI is InChI=1S/C8H14N4O/c9-7-1-6(2-7)3-12-4-8(5-13)10-11-12/h4,6-7,13H,1-3,5,9H2. The lowest BCUT2D eigenvalue weighted by atomic mass is 9.81. The van der Waals surface area contributed by atoms with Gasteiger partial charge in [-0.15, -0.1) is 5.10 Å². The molecule has 0 spiro atoms. The Morgan fingerprint density at radius 1 is 1.62 bits per heavy atom. The molecule has 0 saturated heterocycles. The number of nitrogens with zero attached hydrogens (tertiary/aromatic N) is 3. The van der Waals surface area contributed by atoms with E-state index >= 15 is 0 Å². The van der Waals surface area contributed by atoms with Crippen LogP contribution < -0.4 is 5.73 Å². The number of aliphatic hydroxyl groups excluding tert-OH is 1. The SMILES string of the molecule is NC1CC(Cn2cc(CO)nn2)C1. The molecule has 1 fully saturated rings. The largest absolute Gasteiger partial charge is 0.390 e. The normalized spacial score (nSPS) is 27.2. The van der Waals surface area contributed by atoms with Crippen LogP contribution in [0.25, 0.3) is 0 Å². The zero-order valence-electron chi connectivity index (χ0n) is 7.43. The first-order valence-corrected chi connectivity index (χ1v) is 4.53. The molecule has 5 nitrogen and oxygen atoms in total. The lowest BCUT2D eigenvalue weighted by Gasteiger charge is -2.31. The summed E-state index contributed by atoms with van der Waals surface area (Å²) in [4.78, 5) is 0. The van der Waals surface area contributed by atoms with Crippen molar-refractivity contribution in [3.05, 3.63) is 11.9 Å². The van der Waals surface area contributed by atoms with Crippen molar-refractivity contribution in [2.45, 2.75) is 32.0 Å². The summed E-state index contributed by atoms with van der Waals surface area (Å²) >= 11 is 0. The van der Waals surface area contributed by atoms with E-state index in [9.17, 15) is 0 Å². The minimum Gasteiger partial charge on any atom is -0.390 e. The smallest absolute Gasteiger partial charge is 0.108 e. The fraction of sp³-hybridized carbons (Fsp3) is 0.750. The zero-order valence-corrected chi connectivity index (χ0v) is 7.43. The third kappa shape index (κ3) is 1.87. The molecule has 13 heavy (non-hydrogen) atoms. The maximum atomic E-state index is 8.76. The quantitative estimate of drug-likeness (QED) is 0.661. The van der Waals surface area contributed by atoms with Crippen LogP contribution in [0.4, 0.5) is 0 Å². The molecule has 0 aliphatic heterocycles.